The standard InChI is InChI=1S/C90H167O25P/c1-5-9-13-17-21-25-29-33-35-37-40-43-46-50-54-58-62-73(92)106-67-70(109-75(94)64-60-56-52-48-45-41-36-34-30-26-22-18-14-10-6-2)68-108-116(104,105)115-88-86(113-89-83(102)79(98)77(96)71(66-91)110-89)82(101)81(100)85(112-76(95)65-61-57-53-49-44-39-32-28-24-20-16-12-8-4)87(88)114-90-84(103)80(99)78(97)72(111-90)69-107-74(93)63-59-55-51-47-42-38-31-27-23-19-15-11-7-3/h26,30,70-72,77-91,96-103H,5-25,27-29,31-69H2,1-4H3,(H,104,105)/b30-26-. The summed E-state index contributed by atoms with van der Waals surface area (Å²) in [6.45, 7) is 5.59. The van der Waals surface area contributed by atoms with Gasteiger partial charge in [0.25, 0.3) is 0 Å². The number of unbranched alkanes of at least 4 members (excludes halogenated alkanes) is 50. The number of phosphoric ester groups is 1. The van der Waals surface area contributed by atoms with E-state index in [2.05, 4.69) is 39.8 Å². The van der Waals surface area contributed by atoms with Gasteiger partial charge in [0.2, 0.25) is 0 Å². The van der Waals surface area contributed by atoms with Crippen LogP contribution in [0.1, 0.15) is 407 Å². The van der Waals surface area contributed by atoms with Crippen LogP contribution in [0.25, 0.3) is 0 Å². The molecule has 1 saturated carbocycles. The zero-order valence-electron chi connectivity index (χ0n) is 72.6. The van der Waals surface area contributed by atoms with Crippen molar-refractivity contribution in [1.82, 2.24) is 0 Å². The minimum atomic E-state index is -5.80. The number of hydrogen-bond donors (Lipinski definition) is 10. The number of ether oxygens (including phenoxy) is 8. The number of hydrogen-bond acceptors (Lipinski definition) is 24. The van der Waals surface area contributed by atoms with Crippen LogP contribution in [0.3, 0.4) is 0 Å². The van der Waals surface area contributed by atoms with Crippen LogP contribution in [0.5, 0.6) is 0 Å². The maximum Gasteiger partial charge on any atom is 0.472 e. The van der Waals surface area contributed by atoms with Crippen molar-refractivity contribution >= 4 is 31.7 Å². The molecular weight excluding hydrogens is 1510 g/mol. The first-order valence-corrected chi connectivity index (χ1v) is 48.4. The summed E-state index contributed by atoms with van der Waals surface area (Å²) < 4.78 is 73.4. The van der Waals surface area contributed by atoms with Crippen molar-refractivity contribution in [3.63, 3.8) is 0 Å². The van der Waals surface area contributed by atoms with E-state index < -0.39 is 162 Å². The van der Waals surface area contributed by atoms with Gasteiger partial charge in [-0.05, 0) is 51.4 Å². The summed E-state index contributed by atoms with van der Waals surface area (Å²) >= 11 is 0. The molecule has 0 amide bonds. The molecule has 682 valence electrons. The molecule has 26 heteroatoms. The minimum absolute atomic E-state index is 0.0185. The molecule has 0 spiro atoms. The molecule has 18 unspecified atom stereocenters. The Hall–Kier alpha value is -2.79. The molecule has 116 heavy (non-hydrogen) atoms. The van der Waals surface area contributed by atoms with E-state index in [1.54, 1.807) is 0 Å². The molecule has 0 aromatic rings. The van der Waals surface area contributed by atoms with Gasteiger partial charge >= 0.3 is 31.7 Å². The lowest BCUT2D eigenvalue weighted by Gasteiger charge is -2.50. The second-order valence-corrected chi connectivity index (χ2v) is 34.9. The van der Waals surface area contributed by atoms with Crippen LogP contribution in [0.4, 0.5) is 0 Å². The molecule has 0 radical (unpaired) electrons. The van der Waals surface area contributed by atoms with Crippen molar-refractivity contribution in [2.24, 2.45) is 0 Å². The van der Waals surface area contributed by atoms with Gasteiger partial charge in [0.15, 0.2) is 24.8 Å². The fourth-order valence-electron chi connectivity index (χ4n) is 15.5. The van der Waals surface area contributed by atoms with E-state index in [1.165, 1.54) is 173 Å². The van der Waals surface area contributed by atoms with Crippen molar-refractivity contribution in [2.75, 3.05) is 26.4 Å². The zero-order chi connectivity index (χ0) is 84.7. The highest BCUT2D eigenvalue weighted by Crippen LogP contribution is 2.49. The second kappa shape index (κ2) is 69.6. The number of phosphoric acid groups is 1. The van der Waals surface area contributed by atoms with E-state index in [4.69, 9.17) is 46.9 Å². The number of rotatable bonds is 76. The van der Waals surface area contributed by atoms with Gasteiger partial charge in [0.05, 0.1) is 13.2 Å². The van der Waals surface area contributed by atoms with Crippen LogP contribution in [0, 0.1) is 0 Å². The first-order chi connectivity index (χ1) is 56.2. The highest BCUT2D eigenvalue weighted by Gasteiger charge is 2.60. The Kier molecular flexibility index (Phi) is 64.4. The molecule has 10 N–H and O–H groups in total. The van der Waals surface area contributed by atoms with Crippen LogP contribution in [-0.2, 0) is 70.7 Å². The smallest absolute Gasteiger partial charge is 0.463 e. The highest BCUT2D eigenvalue weighted by atomic mass is 31.2. The number of aliphatic hydroxyl groups is 9. The van der Waals surface area contributed by atoms with Gasteiger partial charge in [-0.3, -0.25) is 28.2 Å². The molecule has 18 atom stereocenters. The van der Waals surface area contributed by atoms with Crippen molar-refractivity contribution in [3.8, 4) is 0 Å². The summed E-state index contributed by atoms with van der Waals surface area (Å²) in [5.41, 5.74) is 0. The first kappa shape index (κ1) is 107. The Morgan fingerprint density at radius 3 is 1.03 bits per heavy atom. The van der Waals surface area contributed by atoms with E-state index in [1.807, 2.05) is 0 Å². The van der Waals surface area contributed by atoms with Crippen molar-refractivity contribution in [1.29, 1.82) is 0 Å². The molecule has 0 aromatic carbocycles. The maximum atomic E-state index is 14.9. The molecule has 3 rings (SSSR count). The highest BCUT2D eigenvalue weighted by molar-refractivity contribution is 7.47. The Morgan fingerprint density at radius 2 is 0.647 bits per heavy atom. The van der Waals surface area contributed by atoms with Crippen molar-refractivity contribution in [3.05, 3.63) is 12.2 Å². The van der Waals surface area contributed by atoms with Crippen LogP contribution in [0.15, 0.2) is 12.2 Å². The minimum Gasteiger partial charge on any atom is -0.463 e. The second-order valence-electron chi connectivity index (χ2n) is 33.5. The third-order valence-corrected chi connectivity index (χ3v) is 24.0. The molecule has 0 aromatic heterocycles. The third-order valence-electron chi connectivity index (χ3n) is 23.0. The van der Waals surface area contributed by atoms with Gasteiger partial charge < -0.3 is 88.7 Å². The predicted molar refractivity (Wildman–Crippen MR) is 449 cm³/mol. The number of aliphatic hydroxyl groups excluding tert-OH is 9. The number of allylic oxidation sites excluding steroid dienone is 2. The summed E-state index contributed by atoms with van der Waals surface area (Å²) in [6.07, 6.45) is 27.8. The average Bonchev–Trinajstić information content (AvgIpc) is 0.754. The number of carbonyl (C=O) groups excluding carboxylic acids is 4. The summed E-state index contributed by atoms with van der Waals surface area (Å²) in [5, 5.41) is 102. The monoisotopic (exact) mass is 1680 g/mol. The molecule has 2 aliphatic heterocycles. The van der Waals surface area contributed by atoms with E-state index in [0.717, 1.165) is 141 Å². The van der Waals surface area contributed by atoms with Gasteiger partial charge in [-0.2, -0.15) is 0 Å². The van der Waals surface area contributed by atoms with Gasteiger partial charge in [-0.1, -0.05) is 342 Å². The molecule has 3 fully saturated rings. The zero-order valence-corrected chi connectivity index (χ0v) is 73.5. The van der Waals surface area contributed by atoms with E-state index in [-0.39, 0.29) is 25.7 Å². The SMILES string of the molecule is CCCCCC/C=C\CCCCCCCCCC(=O)OC(COC(=O)CCCCCCCCCCCCCCCCCC)COP(=O)(O)OC1C(OC2OC(CO)C(O)C(O)C2O)C(O)C(O)C(OC(=O)CCCCCCCCCCCCCCC)C1OC1OC(COC(=O)CCCCCCCCCCCCCCC)C(O)C(O)C1O. The Balaban J connectivity index is 1.91. The van der Waals surface area contributed by atoms with Crippen LogP contribution >= 0.6 is 7.82 Å². The Bertz CT molecular complexity index is 2460. The molecule has 25 nitrogen and oxygen atoms in total. The molecule has 2 heterocycles. The van der Waals surface area contributed by atoms with Gasteiger partial charge in [0.1, 0.15) is 92.6 Å². The lowest BCUT2D eigenvalue weighted by Crippen LogP contribution is -2.70. The number of carbonyl (C=O) groups is 4. The first-order valence-electron chi connectivity index (χ1n) is 46.9. The Labute approximate surface area is 699 Å². The lowest BCUT2D eigenvalue weighted by atomic mass is 9.84. The fraction of sp³-hybridized carbons (Fsp3) is 0.933. The summed E-state index contributed by atoms with van der Waals surface area (Å²) in [5.74, 6) is -2.95. The summed E-state index contributed by atoms with van der Waals surface area (Å²) in [4.78, 5) is 66.4. The van der Waals surface area contributed by atoms with E-state index >= 15 is 0 Å². The van der Waals surface area contributed by atoms with E-state index in [0.29, 0.717) is 38.5 Å². The van der Waals surface area contributed by atoms with E-state index in [9.17, 15) is 74.6 Å². The van der Waals surface area contributed by atoms with Crippen LogP contribution in [-0.4, -0.2) is 205 Å². The van der Waals surface area contributed by atoms with Crippen LogP contribution < -0.4 is 0 Å². The Morgan fingerprint density at radius 1 is 0.336 bits per heavy atom. The third kappa shape index (κ3) is 49.5. The fourth-order valence-corrected chi connectivity index (χ4v) is 16.5. The molecule has 0 bridgehead atoms. The maximum absolute atomic E-state index is 14.9. The van der Waals surface area contributed by atoms with Gasteiger partial charge in [0, 0.05) is 25.7 Å². The molecule has 2 saturated heterocycles. The molecule has 1 aliphatic carbocycles. The summed E-state index contributed by atoms with van der Waals surface area (Å²) in [6, 6.07) is 0. The largest absolute Gasteiger partial charge is 0.472 e. The van der Waals surface area contributed by atoms with Crippen LogP contribution in [0.2, 0.25) is 0 Å². The topological polar surface area (TPSA) is 380 Å². The lowest BCUT2D eigenvalue weighted by molar-refractivity contribution is -0.360. The summed E-state index contributed by atoms with van der Waals surface area (Å²) in [7, 11) is -5.80. The van der Waals surface area contributed by atoms with Gasteiger partial charge in [-0.15, -0.1) is 0 Å². The van der Waals surface area contributed by atoms with Gasteiger partial charge in [-0.25, -0.2) is 4.57 Å². The average molecular weight is 1680 g/mol. The number of esters is 4. The van der Waals surface area contributed by atoms with Crippen molar-refractivity contribution in [2.45, 2.75) is 511 Å². The molecular formula is C90H167O25P. The molecule has 3 aliphatic rings. The normalized spacial score (nSPS) is 25.2. The van der Waals surface area contributed by atoms with Crippen molar-refractivity contribution < 1.29 is 122 Å². The quantitative estimate of drug-likeness (QED) is 0.00889. The predicted octanol–water partition coefficient (Wildman–Crippen LogP) is 17.2.